The third-order valence-electron chi connectivity index (χ3n) is 4.16. The summed E-state index contributed by atoms with van der Waals surface area (Å²) in [6.45, 7) is 0. The number of ether oxygens (including phenoxy) is 2. The maximum Gasteiger partial charge on any atom is 0.410 e. The van der Waals surface area contributed by atoms with E-state index in [-0.39, 0.29) is 17.8 Å². The van der Waals surface area contributed by atoms with Crippen LogP contribution in [0.5, 0.6) is 5.75 Å². The molecule has 1 aromatic heterocycles. The van der Waals surface area contributed by atoms with Crippen LogP contribution in [0.3, 0.4) is 0 Å². The number of rotatable bonds is 3. The zero-order chi connectivity index (χ0) is 18.2. The van der Waals surface area contributed by atoms with Gasteiger partial charge in [-0.1, -0.05) is 12.1 Å². The average Bonchev–Trinajstić information content (AvgIpc) is 3.03. The molecule has 0 saturated heterocycles. The van der Waals surface area contributed by atoms with Crippen LogP contribution in [0.2, 0.25) is 0 Å². The fraction of sp³-hybridized carbons (Fsp3) is 0.375. The van der Waals surface area contributed by atoms with Crippen molar-refractivity contribution in [3.8, 4) is 5.75 Å². The summed E-state index contributed by atoms with van der Waals surface area (Å²) in [7, 11) is 2.67. The lowest BCUT2D eigenvalue weighted by Gasteiger charge is -2.34. The minimum absolute atomic E-state index is 0.00115. The molecular weight excluding hydrogens is 339 g/mol. The fourth-order valence-corrected chi connectivity index (χ4v) is 2.88. The van der Waals surface area contributed by atoms with Crippen LogP contribution in [-0.2, 0) is 4.74 Å². The summed E-state index contributed by atoms with van der Waals surface area (Å²) in [5.41, 5.74) is 0.619. The molecule has 1 N–H and O–H groups in total. The summed E-state index contributed by atoms with van der Waals surface area (Å²) in [6, 6.07) is 4.25. The molecule has 1 aliphatic heterocycles. The quantitative estimate of drug-likeness (QED) is 0.856. The summed E-state index contributed by atoms with van der Waals surface area (Å²) in [5.74, 6) is -0.140. The molecule has 9 heteroatoms. The van der Waals surface area contributed by atoms with Gasteiger partial charge >= 0.3 is 12.1 Å². The van der Waals surface area contributed by atoms with Crippen LogP contribution in [0.1, 0.15) is 34.4 Å². The first-order chi connectivity index (χ1) is 11.8. The number of fused-ring (bicyclic) bond motifs is 1. The average molecular weight is 355 g/mol. The van der Waals surface area contributed by atoms with Gasteiger partial charge in [0, 0.05) is 6.42 Å². The van der Waals surface area contributed by atoms with Crippen molar-refractivity contribution < 1.29 is 27.4 Å². The van der Waals surface area contributed by atoms with E-state index in [2.05, 4.69) is 15.2 Å². The summed E-state index contributed by atoms with van der Waals surface area (Å²) >= 11 is 0. The van der Waals surface area contributed by atoms with Gasteiger partial charge in [-0.3, -0.25) is 0 Å². The molecule has 0 amide bonds. The lowest BCUT2D eigenvalue weighted by molar-refractivity contribution is -0.173. The van der Waals surface area contributed by atoms with Gasteiger partial charge < -0.3 is 14.8 Å². The highest BCUT2D eigenvalue weighted by atomic mass is 19.4. The van der Waals surface area contributed by atoms with Crippen LogP contribution in [0, 0.1) is 0 Å². The Labute approximate surface area is 141 Å². The Morgan fingerprint density at radius 3 is 2.52 bits per heavy atom. The van der Waals surface area contributed by atoms with Crippen LogP contribution >= 0.6 is 0 Å². The Bertz CT molecular complexity index is 771. The van der Waals surface area contributed by atoms with Crippen molar-refractivity contribution in [2.75, 3.05) is 19.5 Å². The molecule has 0 unspecified atom stereocenters. The Hall–Kier alpha value is -2.71. The summed E-state index contributed by atoms with van der Waals surface area (Å²) in [4.78, 5) is 11.8. The molecule has 0 aliphatic carbocycles. The number of nitrogens with zero attached hydrogens (tertiary/aromatic N) is 2. The van der Waals surface area contributed by atoms with Gasteiger partial charge in [0.25, 0.3) is 0 Å². The smallest absolute Gasteiger partial charge is 0.410 e. The number of benzene rings is 1. The second-order valence-electron chi connectivity index (χ2n) is 5.61. The van der Waals surface area contributed by atoms with Crippen molar-refractivity contribution in [2.24, 2.45) is 0 Å². The Balaban J connectivity index is 2.01. The molecule has 0 saturated carbocycles. The van der Waals surface area contributed by atoms with E-state index in [1.165, 1.54) is 7.11 Å². The van der Waals surface area contributed by atoms with E-state index in [4.69, 9.17) is 4.74 Å². The van der Waals surface area contributed by atoms with E-state index in [9.17, 15) is 18.0 Å². The molecule has 3 rings (SSSR count). The Morgan fingerprint density at radius 2 is 1.96 bits per heavy atom. The van der Waals surface area contributed by atoms with Crippen LogP contribution in [0.4, 0.5) is 19.0 Å². The van der Waals surface area contributed by atoms with E-state index in [0.717, 1.165) is 18.0 Å². The van der Waals surface area contributed by atoms with Gasteiger partial charge in [0.15, 0.2) is 6.04 Å². The molecule has 0 radical (unpaired) electrons. The number of aromatic nitrogens is 2. The van der Waals surface area contributed by atoms with E-state index >= 15 is 0 Å². The largest absolute Gasteiger partial charge is 0.497 e. The number of esters is 1. The van der Waals surface area contributed by atoms with Crippen molar-refractivity contribution in [1.29, 1.82) is 0 Å². The zero-order valence-corrected chi connectivity index (χ0v) is 13.5. The molecule has 6 nitrogen and oxygen atoms in total. The normalized spacial score (nSPS) is 19.7. The van der Waals surface area contributed by atoms with Gasteiger partial charge in [0.05, 0.1) is 26.5 Å². The topological polar surface area (TPSA) is 65.4 Å². The zero-order valence-electron chi connectivity index (χ0n) is 13.5. The van der Waals surface area contributed by atoms with E-state index in [1.807, 2.05) is 0 Å². The first-order valence-electron chi connectivity index (χ1n) is 7.48. The van der Waals surface area contributed by atoms with Gasteiger partial charge in [0.1, 0.15) is 17.1 Å². The maximum absolute atomic E-state index is 13.5. The highest BCUT2D eigenvalue weighted by Crippen LogP contribution is 2.44. The van der Waals surface area contributed by atoms with Gasteiger partial charge in [-0.05, 0) is 17.7 Å². The van der Waals surface area contributed by atoms with Crippen LogP contribution in [-0.4, -0.2) is 36.1 Å². The molecule has 0 bridgehead atoms. The lowest BCUT2D eigenvalue weighted by Crippen LogP contribution is -2.36. The van der Waals surface area contributed by atoms with E-state index in [0.29, 0.717) is 11.3 Å². The number of methoxy groups -OCH3 is 2. The van der Waals surface area contributed by atoms with Crippen LogP contribution in [0.25, 0.3) is 0 Å². The van der Waals surface area contributed by atoms with Gasteiger partial charge in [-0.15, -0.1) is 0 Å². The Kier molecular flexibility index (Phi) is 4.32. The molecular formula is C16H16F3N3O3. The predicted molar refractivity (Wildman–Crippen MR) is 82.6 cm³/mol. The highest BCUT2D eigenvalue weighted by molar-refractivity contribution is 5.94. The third kappa shape index (κ3) is 3.13. The van der Waals surface area contributed by atoms with Crippen LogP contribution < -0.4 is 10.1 Å². The molecule has 1 aliphatic rings. The third-order valence-corrected chi connectivity index (χ3v) is 4.16. The minimum Gasteiger partial charge on any atom is -0.497 e. The Morgan fingerprint density at radius 1 is 1.28 bits per heavy atom. The van der Waals surface area contributed by atoms with Crippen molar-refractivity contribution in [3.05, 3.63) is 41.6 Å². The summed E-state index contributed by atoms with van der Waals surface area (Å²) in [5, 5.41) is 6.72. The number of alkyl halides is 3. The molecule has 2 aromatic rings. The van der Waals surface area contributed by atoms with Gasteiger partial charge in [-0.25, -0.2) is 9.48 Å². The lowest BCUT2D eigenvalue weighted by atomic mass is 9.96. The molecule has 2 atom stereocenters. The van der Waals surface area contributed by atoms with Crippen molar-refractivity contribution in [1.82, 2.24) is 9.78 Å². The number of halogens is 3. The first kappa shape index (κ1) is 17.1. The molecule has 2 heterocycles. The number of nitrogens with one attached hydrogen (secondary N) is 1. The second kappa shape index (κ2) is 6.30. The monoisotopic (exact) mass is 355 g/mol. The van der Waals surface area contributed by atoms with E-state index in [1.54, 1.807) is 24.3 Å². The summed E-state index contributed by atoms with van der Waals surface area (Å²) < 4.78 is 51.0. The van der Waals surface area contributed by atoms with Crippen molar-refractivity contribution in [2.45, 2.75) is 24.7 Å². The number of hydrogen-bond donors (Lipinski definition) is 1. The molecule has 0 fully saturated rings. The number of carbonyl (C=O) groups is 1. The number of anilines is 1. The number of carbonyl (C=O) groups excluding carboxylic acids is 1. The fourth-order valence-electron chi connectivity index (χ4n) is 2.88. The molecule has 25 heavy (non-hydrogen) atoms. The predicted octanol–water partition coefficient (Wildman–Crippen LogP) is 3.34. The highest BCUT2D eigenvalue weighted by Gasteiger charge is 2.47. The van der Waals surface area contributed by atoms with E-state index < -0.39 is 24.2 Å². The standard InChI is InChI=1S/C16H16F3N3O3/c1-24-10-5-3-9(4-6-10)12-7-13(16(17,18)19)22-14(21-12)11(8-20-22)15(23)25-2/h3-6,8,12-13,21H,7H2,1-2H3/t12-,13+/m0/s1. The summed E-state index contributed by atoms with van der Waals surface area (Å²) in [6.07, 6.45) is -3.66. The van der Waals surface area contributed by atoms with Crippen molar-refractivity contribution >= 4 is 11.8 Å². The van der Waals surface area contributed by atoms with Gasteiger partial charge in [-0.2, -0.15) is 18.3 Å². The SMILES string of the molecule is COC(=O)c1cnn2c1N[C@H](c1ccc(OC)cc1)C[C@@H]2C(F)(F)F. The second-order valence-corrected chi connectivity index (χ2v) is 5.61. The number of hydrogen-bond acceptors (Lipinski definition) is 5. The van der Waals surface area contributed by atoms with Crippen molar-refractivity contribution in [3.63, 3.8) is 0 Å². The van der Waals surface area contributed by atoms with Gasteiger partial charge in [0.2, 0.25) is 0 Å². The van der Waals surface area contributed by atoms with Crippen LogP contribution in [0.15, 0.2) is 30.5 Å². The first-order valence-corrected chi connectivity index (χ1v) is 7.48. The molecule has 134 valence electrons. The maximum atomic E-state index is 13.5. The minimum atomic E-state index is -4.50. The molecule has 0 spiro atoms. The molecule has 1 aromatic carbocycles.